The molecule has 1 saturated heterocycles. The molecule has 132 valence electrons. The van der Waals surface area contributed by atoms with Gasteiger partial charge in [-0.25, -0.2) is 9.18 Å². The molecule has 3 N–H and O–H groups in total. The van der Waals surface area contributed by atoms with Gasteiger partial charge in [0.1, 0.15) is 5.82 Å². The topological polar surface area (TPSA) is 73.5 Å². The Hall–Kier alpha value is -2.15. The van der Waals surface area contributed by atoms with Crippen molar-refractivity contribution in [3.8, 4) is 0 Å². The lowest BCUT2D eigenvalue weighted by atomic mass is 9.97. The maximum atomic E-state index is 13.6. The molecule has 1 aromatic carbocycles. The standard InChI is InChI=1S/C17H25FN4O2/c1-2-19-9-10-20-16(23)13-6-5-11-22(12-13)17(24)21-15-8-4-3-7-14(15)18/h3-4,7-8,13,19H,2,5-6,9-12H2,1H3,(H,20,23)(H,21,24). The SMILES string of the molecule is CCNCCNC(=O)C1CCCN(C(=O)Nc2ccccc2F)C1. The minimum absolute atomic E-state index is 0.0312. The fraction of sp³-hybridized carbons (Fsp3) is 0.529. The summed E-state index contributed by atoms with van der Waals surface area (Å²) in [6.07, 6.45) is 1.52. The number of urea groups is 1. The third-order valence-electron chi connectivity index (χ3n) is 4.05. The normalized spacial score (nSPS) is 17.4. The van der Waals surface area contributed by atoms with Crippen LogP contribution >= 0.6 is 0 Å². The van der Waals surface area contributed by atoms with E-state index in [1.54, 1.807) is 17.0 Å². The van der Waals surface area contributed by atoms with Crippen LogP contribution in [0.5, 0.6) is 0 Å². The van der Waals surface area contributed by atoms with Crippen molar-refractivity contribution in [1.29, 1.82) is 0 Å². The molecule has 2 rings (SSSR count). The molecule has 1 aliphatic rings. The van der Waals surface area contributed by atoms with Gasteiger partial charge in [0.05, 0.1) is 11.6 Å². The average molecular weight is 336 g/mol. The van der Waals surface area contributed by atoms with Gasteiger partial charge in [-0.05, 0) is 31.5 Å². The van der Waals surface area contributed by atoms with Gasteiger partial charge in [0.2, 0.25) is 5.91 Å². The van der Waals surface area contributed by atoms with Crippen LogP contribution in [0.15, 0.2) is 24.3 Å². The molecular formula is C17H25FN4O2. The van der Waals surface area contributed by atoms with Gasteiger partial charge in [-0.2, -0.15) is 0 Å². The molecule has 1 unspecified atom stereocenters. The van der Waals surface area contributed by atoms with Crippen LogP contribution in [0.4, 0.5) is 14.9 Å². The fourth-order valence-corrected chi connectivity index (χ4v) is 2.73. The average Bonchev–Trinajstić information content (AvgIpc) is 2.60. The molecule has 0 radical (unpaired) electrons. The molecule has 3 amide bonds. The molecule has 1 aliphatic heterocycles. The first kappa shape index (κ1) is 18.2. The van der Waals surface area contributed by atoms with E-state index in [0.717, 1.165) is 25.9 Å². The first-order valence-electron chi connectivity index (χ1n) is 8.40. The number of benzene rings is 1. The van der Waals surface area contributed by atoms with E-state index in [1.807, 2.05) is 6.92 Å². The third-order valence-corrected chi connectivity index (χ3v) is 4.05. The van der Waals surface area contributed by atoms with Crippen LogP contribution < -0.4 is 16.0 Å². The van der Waals surface area contributed by atoms with Crippen molar-refractivity contribution in [3.63, 3.8) is 0 Å². The van der Waals surface area contributed by atoms with Gasteiger partial charge in [0.15, 0.2) is 0 Å². The zero-order valence-corrected chi connectivity index (χ0v) is 14.0. The van der Waals surface area contributed by atoms with Gasteiger partial charge in [0, 0.05) is 26.2 Å². The fourth-order valence-electron chi connectivity index (χ4n) is 2.73. The number of likely N-dealkylation sites (N-methyl/N-ethyl adjacent to an activating group) is 1. The molecule has 1 heterocycles. The summed E-state index contributed by atoms with van der Waals surface area (Å²) in [7, 11) is 0. The summed E-state index contributed by atoms with van der Waals surface area (Å²) in [5.74, 6) is -0.719. The highest BCUT2D eigenvalue weighted by molar-refractivity contribution is 5.90. The lowest BCUT2D eigenvalue weighted by Crippen LogP contribution is -2.47. The zero-order chi connectivity index (χ0) is 17.4. The minimum Gasteiger partial charge on any atom is -0.355 e. The summed E-state index contributed by atoms with van der Waals surface area (Å²) < 4.78 is 13.6. The maximum Gasteiger partial charge on any atom is 0.321 e. The van der Waals surface area contributed by atoms with E-state index in [9.17, 15) is 14.0 Å². The molecule has 6 nitrogen and oxygen atoms in total. The Morgan fingerprint density at radius 1 is 1.29 bits per heavy atom. The Morgan fingerprint density at radius 3 is 2.83 bits per heavy atom. The molecule has 0 bridgehead atoms. The Morgan fingerprint density at radius 2 is 2.08 bits per heavy atom. The Bertz CT molecular complexity index is 567. The number of carbonyl (C=O) groups excluding carboxylic acids is 2. The predicted octanol–water partition coefficient (Wildman–Crippen LogP) is 1.80. The summed E-state index contributed by atoms with van der Waals surface area (Å²) in [6, 6.07) is 5.68. The van der Waals surface area contributed by atoms with Crippen molar-refractivity contribution in [3.05, 3.63) is 30.1 Å². The molecule has 1 aromatic rings. The van der Waals surface area contributed by atoms with E-state index < -0.39 is 5.82 Å². The Kier molecular flexibility index (Phi) is 6.99. The highest BCUT2D eigenvalue weighted by Crippen LogP contribution is 2.19. The second-order valence-corrected chi connectivity index (χ2v) is 5.84. The number of halogens is 1. The van der Waals surface area contributed by atoms with Crippen molar-refractivity contribution in [2.45, 2.75) is 19.8 Å². The summed E-state index contributed by atoms with van der Waals surface area (Å²) in [6.45, 7) is 5.10. The van der Waals surface area contributed by atoms with Crippen molar-refractivity contribution in [2.75, 3.05) is 38.0 Å². The number of likely N-dealkylation sites (tertiary alicyclic amines) is 1. The molecule has 7 heteroatoms. The van der Waals surface area contributed by atoms with Crippen molar-refractivity contribution in [2.24, 2.45) is 5.92 Å². The first-order valence-corrected chi connectivity index (χ1v) is 8.40. The Balaban J connectivity index is 1.84. The maximum absolute atomic E-state index is 13.6. The van der Waals surface area contributed by atoms with Gasteiger partial charge in [-0.15, -0.1) is 0 Å². The van der Waals surface area contributed by atoms with E-state index in [4.69, 9.17) is 0 Å². The number of hydrogen-bond acceptors (Lipinski definition) is 3. The Labute approximate surface area is 141 Å². The van der Waals surface area contributed by atoms with Crippen LogP contribution in [0.2, 0.25) is 0 Å². The monoisotopic (exact) mass is 336 g/mol. The van der Waals surface area contributed by atoms with Gasteiger partial charge in [0.25, 0.3) is 0 Å². The van der Waals surface area contributed by atoms with Crippen LogP contribution in [0.3, 0.4) is 0 Å². The number of piperidine rings is 1. The predicted molar refractivity (Wildman–Crippen MR) is 91.3 cm³/mol. The molecule has 0 saturated carbocycles. The minimum atomic E-state index is -0.472. The zero-order valence-electron chi connectivity index (χ0n) is 14.0. The number of amides is 3. The van der Waals surface area contributed by atoms with Crippen LogP contribution in [0, 0.1) is 11.7 Å². The van der Waals surface area contributed by atoms with Crippen molar-refractivity contribution < 1.29 is 14.0 Å². The summed E-state index contributed by atoms with van der Waals surface area (Å²) >= 11 is 0. The number of carbonyl (C=O) groups is 2. The number of hydrogen-bond donors (Lipinski definition) is 3. The first-order chi connectivity index (χ1) is 11.6. The van der Waals surface area contributed by atoms with Crippen LogP contribution in [-0.2, 0) is 4.79 Å². The van der Waals surface area contributed by atoms with E-state index in [1.165, 1.54) is 12.1 Å². The second kappa shape index (κ2) is 9.22. The lowest BCUT2D eigenvalue weighted by Gasteiger charge is -2.32. The van der Waals surface area contributed by atoms with Crippen LogP contribution in [-0.4, -0.2) is 49.6 Å². The smallest absolute Gasteiger partial charge is 0.321 e. The summed E-state index contributed by atoms with van der Waals surface area (Å²) in [4.78, 5) is 26.1. The summed E-state index contributed by atoms with van der Waals surface area (Å²) in [5.41, 5.74) is 0.153. The lowest BCUT2D eigenvalue weighted by molar-refractivity contribution is -0.126. The number of rotatable bonds is 6. The van der Waals surface area contributed by atoms with Crippen LogP contribution in [0.1, 0.15) is 19.8 Å². The molecule has 0 spiro atoms. The van der Waals surface area contributed by atoms with Crippen LogP contribution in [0.25, 0.3) is 0 Å². The largest absolute Gasteiger partial charge is 0.355 e. The number of para-hydroxylation sites is 1. The van der Waals surface area contributed by atoms with Gasteiger partial charge in [-0.3, -0.25) is 4.79 Å². The molecule has 0 aliphatic carbocycles. The number of nitrogens with zero attached hydrogens (tertiary/aromatic N) is 1. The van der Waals surface area contributed by atoms with E-state index in [2.05, 4.69) is 16.0 Å². The van der Waals surface area contributed by atoms with Crippen molar-refractivity contribution in [1.82, 2.24) is 15.5 Å². The summed E-state index contributed by atoms with van der Waals surface area (Å²) in [5, 5.41) is 8.60. The van der Waals surface area contributed by atoms with Crippen molar-refractivity contribution >= 4 is 17.6 Å². The second-order valence-electron chi connectivity index (χ2n) is 5.84. The number of nitrogens with one attached hydrogen (secondary N) is 3. The molecule has 0 aromatic heterocycles. The van der Waals surface area contributed by atoms with Gasteiger partial charge >= 0.3 is 6.03 Å². The molecular weight excluding hydrogens is 311 g/mol. The van der Waals surface area contributed by atoms with E-state index in [0.29, 0.717) is 19.6 Å². The van der Waals surface area contributed by atoms with E-state index >= 15 is 0 Å². The van der Waals surface area contributed by atoms with Gasteiger partial charge < -0.3 is 20.9 Å². The number of anilines is 1. The highest BCUT2D eigenvalue weighted by atomic mass is 19.1. The quantitative estimate of drug-likeness (QED) is 0.694. The van der Waals surface area contributed by atoms with Gasteiger partial charge in [-0.1, -0.05) is 19.1 Å². The molecule has 1 atom stereocenters. The third kappa shape index (κ3) is 5.19. The molecule has 24 heavy (non-hydrogen) atoms. The molecule has 1 fully saturated rings. The highest BCUT2D eigenvalue weighted by Gasteiger charge is 2.28. The van der Waals surface area contributed by atoms with E-state index in [-0.39, 0.29) is 23.5 Å².